The lowest BCUT2D eigenvalue weighted by molar-refractivity contribution is -0.129. The molecule has 112 valence electrons. The first kappa shape index (κ1) is 17.0. The number of halogens is 1. The monoisotopic (exact) mass is 296 g/mol. The molecule has 20 heavy (non-hydrogen) atoms. The largest absolute Gasteiger partial charge is 0.354 e. The van der Waals surface area contributed by atoms with Crippen LogP contribution in [0.15, 0.2) is 30.3 Å². The van der Waals surface area contributed by atoms with E-state index in [0.717, 1.165) is 38.8 Å². The minimum Gasteiger partial charge on any atom is -0.354 e. The van der Waals surface area contributed by atoms with Crippen LogP contribution in [-0.4, -0.2) is 25.5 Å². The Morgan fingerprint density at radius 2 is 1.85 bits per heavy atom. The van der Waals surface area contributed by atoms with Crippen LogP contribution in [0, 0.1) is 0 Å². The second-order valence-electron chi connectivity index (χ2n) is 5.31. The molecule has 0 saturated heterocycles. The molecule has 1 aromatic carbocycles. The molecule has 0 bridgehead atoms. The topological polar surface area (TPSA) is 41.1 Å². The molecule has 2 rings (SSSR count). The summed E-state index contributed by atoms with van der Waals surface area (Å²) in [5.41, 5.74) is 0.909. The summed E-state index contributed by atoms with van der Waals surface area (Å²) in [4.78, 5) is 12.4. The summed E-state index contributed by atoms with van der Waals surface area (Å²) in [5, 5.41) is 6.38. The highest BCUT2D eigenvalue weighted by molar-refractivity contribution is 5.89. The van der Waals surface area contributed by atoms with E-state index >= 15 is 0 Å². The number of carbonyl (C=O) groups excluding carboxylic acids is 1. The maximum Gasteiger partial charge on any atom is 0.230 e. The van der Waals surface area contributed by atoms with Crippen molar-refractivity contribution < 1.29 is 4.79 Å². The predicted molar refractivity (Wildman–Crippen MR) is 85.4 cm³/mol. The van der Waals surface area contributed by atoms with Crippen LogP contribution < -0.4 is 10.6 Å². The summed E-state index contributed by atoms with van der Waals surface area (Å²) >= 11 is 0. The van der Waals surface area contributed by atoms with Gasteiger partial charge in [-0.25, -0.2) is 0 Å². The lowest BCUT2D eigenvalue weighted by Gasteiger charge is -2.40. The summed E-state index contributed by atoms with van der Waals surface area (Å²) in [6.07, 6.45) is 4.23. The van der Waals surface area contributed by atoms with Crippen LogP contribution in [0.4, 0.5) is 0 Å². The molecule has 1 aromatic rings. The lowest BCUT2D eigenvalue weighted by atomic mass is 9.64. The Morgan fingerprint density at radius 1 is 1.15 bits per heavy atom. The van der Waals surface area contributed by atoms with Crippen LogP contribution in [0.5, 0.6) is 0 Å². The van der Waals surface area contributed by atoms with E-state index in [2.05, 4.69) is 29.7 Å². The third-order valence-electron chi connectivity index (χ3n) is 3.98. The molecule has 0 radical (unpaired) electrons. The first-order valence-electron chi connectivity index (χ1n) is 7.34. The Hall–Kier alpha value is -1.06. The van der Waals surface area contributed by atoms with Gasteiger partial charge in [-0.1, -0.05) is 43.7 Å². The number of nitrogens with one attached hydrogen (secondary N) is 2. The molecule has 1 fully saturated rings. The molecule has 2 N–H and O–H groups in total. The van der Waals surface area contributed by atoms with Crippen molar-refractivity contribution in [1.29, 1.82) is 0 Å². The Morgan fingerprint density at radius 3 is 2.40 bits per heavy atom. The quantitative estimate of drug-likeness (QED) is 0.760. The maximum atomic E-state index is 12.4. The number of amides is 1. The molecule has 4 heteroatoms. The minimum absolute atomic E-state index is 0. The molecule has 1 saturated carbocycles. The minimum atomic E-state index is -0.258. The summed E-state index contributed by atoms with van der Waals surface area (Å²) < 4.78 is 0. The van der Waals surface area contributed by atoms with Gasteiger partial charge in [-0.05, 0) is 31.4 Å². The number of rotatable bonds is 7. The fraction of sp³-hybridized carbons (Fsp3) is 0.562. The highest BCUT2D eigenvalue weighted by Crippen LogP contribution is 2.43. The van der Waals surface area contributed by atoms with Gasteiger partial charge < -0.3 is 10.6 Å². The van der Waals surface area contributed by atoms with E-state index < -0.39 is 0 Å². The third-order valence-corrected chi connectivity index (χ3v) is 3.98. The van der Waals surface area contributed by atoms with Gasteiger partial charge in [0.05, 0.1) is 5.41 Å². The van der Waals surface area contributed by atoms with Gasteiger partial charge in [0.15, 0.2) is 0 Å². The third kappa shape index (κ3) is 3.74. The van der Waals surface area contributed by atoms with Gasteiger partial charge in [0.1, 0.15) is 0 Å². The molecular formula is C16H25ClN2O. The molecule has 1 aliphatic carbocycles. The highest BCUT2D eigenvalue weighted by Gasteiger charge is 2.45. The van der Waals surface area contributed by atoms with Crippen molar-refractivity contribution in [3.8, 4) is 0 Å². The van der Waals surface area contributed by atoms with Gasteiger partial charge in [-0.15, -0.1) is 12.4 Å². The Bertz CT molecular complexity index is 404. The van der Waals surface area contributed by atoms with E-state index in [4.69, 9.17) is 0 Å². The number of carbonyl (C=O) groups is 1. The van der Waals surface area contributed by atoms with E-state index in [1.54, 1.807) is 0 Å². The zero-order chi connectivity index (χ0) is 13.6. The Labute approximate surface area is 127 Å². The molecule has 0 atom stereocenters. The van der Waals surface area contributed by atoms with Gasteiger partial charge in [0.2, 0.25) is 5.91 Å². The fourth-order valence-electron chi connectivity index (χ4n) is 2.67. The van der Waals surface area contributed by atoms with Gasteiger partial charge >= 0.3 is 0 Å². The molecule has 0 heterocycles. The van der Waals surface area contributed by atoms with Crippen molar-refractivity contribution >= 4 is 18.3 Å². The molecule has 0 spiro atoms. The van der Waals surface area contributed by atoms with Gasteiger partial charge in [-0.2, -0.15) is 0 Å². The van der Waals surface area contributed by atoms with Crippen LogP contribution in [0.25, 0.3) is 0 Å². The van der Waals surface area contributed by atoms with E-state index in [0.29, 0.717) is 6.54 Å². The molecule has 0 unspecified atom stereocenters. The summed E-state index contributed by atoms with van der Waals surface area (Å²) in [5.74, 6) is 0.197. The van der Waals surface area contributed by atoms with Crippen LogP contribution in [0.2, 0.25) is 0 Å². The predicted octanol–water partition coefficient (Wildman–Crippen LogP) is 2.65. The SMILES string of the molecule is CCCNCCNC(=O)C1(c2ccccc2)CCC1.Cl. The van der Waals surface area contributed by atoms with E-state index in [9.17, 15) is 4.79 Å². The number of hydrogen-bond acceptors (Lipinski definition) is 2. The van der Waals surface area contributed by atoms with Crippen LogP contribution in [-0.2, 0) is 10.2 Å². The average Bonchev–Trinajstić information content (AvgIpc) is 2.38. The van der Waals surface area contributed by atoms with Crippen molar-refractivity contribution in [1.82, 2.24) is 10.6 Å². The standard InChI is InChI=1S/C16H24N2O.ClH/c1-2-11-17-12-13-18-15(19)16(9-6-10-16)14-7-4-3-5-8-14;/h3-5,7-8,17H,2,6,9-13H2,1H3,(H,18,19);1H. The van der Waals surface area contributed by atoms with Gasteiger partial charge in [0.25, 0.3) is 0 Å². The number of benzene rings is 1. The molecule has 1 amide bonds. The second-order valence-corrected chi connectivity index (χ2v) is 5.31. The first-order chi connectivity index (χ1) is 9.29. The van der Waals surface area contributed by atoms with Crippen molar-refractivity contribution in [3.05, 3.63) is 35.9 Å². The van der Waals surface area contributed by atoms with E-state index in [1.807, 2.05) is 18.2 Å². The second kappa shape index (κ2) is 8.28. The van der Waals surface area contributed by atoms with Crippen molar-refractivity contribution in [2.24, 2.45) is 0 Å². The number of hydrogen-bond donors (Lipinski definition) is 2. The summed E-state index contributed by atoms with van der Waals surface area (Å²) in [6, 6.07) is 10.2. The zero-order valence-corrected chi connectivity index (χ0v) is 13.0. The molecule has 0 aliphatic heterocycles. The maximum absolute atomic E-state index is 12.4. The van der Waals surface area contributed by atoms with E-state index in [-0.39, 0.29) is 23.7 Å². The van der Waals surface area contributed by atoms with Gasteiger partial charge in [-0.3, -0.25) is 4.79 Å². The van der Waals surface area contributed by atoms with Crippen molar-refractivity contribution in [3.63, 3.8) is 0 Å². The zero-order valence-electron chi connectivity index (χ0n) is 12.2. The lowest BCUT2D eigenvalue weighted by Crippen LogP contribution is -2.50. The molecular weight excluding hydrogens is 272 g/mol. The normalized spacial score (nSPS) is 15.8. The van der Waals surface area contributed by atoms with Gasteiger partial charge in [0, 0.05) is 13.1 Å². The molecule has 1 aliphatic rings. The Kier molecular flexibility index (Phi) is 7.03. The first-order valence-corrected chi connectivity index (χ1v) is 7.34. The van der Waals surface area contributed by atoms with Crippen molar-refractivity contribution in [2.75, 3.05) is 19.6 Å². The Balaban J connectivity index is 0.00000200. The van der Waals surface area contributed by atoms with Crippen LogP contribution in [0.3, 0.4) is 0 Å². The van der Waals surface area contributed by atoms with E-state index in [1.165, 1.54) is 5.56 Å². The molecule has 0 aromatic heterocycles. The summed E-state index contributed by atoms with van der Waals surface area (Å²) in [7, 11) is 0. The smallest absolute Gasteiger partial charge is 0.230 e. The highest BCUT2D eigenvalue weighted by atomic mass is 35.5. The van der Waals surface area contributed by atoms with Crippen LogP contribution in [0.1, 0.15) is 38.2 Å². The average molecular weight is 297 g/mol. The molecule has 3 nitrogen and oxygen atoms in total. The fourth-order valence-corrected chi connectivity index (χ4v) is 2.67. The summed E-state index contributed by atoms with van der Waals surface area (Å²) in [6.45, 7) is 4.72. The van der Waals surface area contributed by atoms with Crippen LogP contribution >= 0.6 is 12.4 Å². The van der Waals surface area contributed by atoms with Crippen molar-refractivity contribution in [2.45, 2.75) is 38.0 Å².